The van der Waals surface area contributed by atoms with Gasteiger partial charge in [0.25, 0.3) is 0 Å². The molecule has 0 atom stereocenters. The van der Waals surface area contributed by atoms with E-state index in [1.54, 1.807) is 0 Å². The molecular formula is C9H15KN2O6Si. The van der Waals surface area contributed by atoms with E-state index in [0.29, 0.717) is 0 Å². The fraction of sp³-hybridized carbons (Fsp3) is 0.111. The molecule has 0 aliphatic carbocycles. The Labute approximate surface area is 153 Å². The molecular weight excluding hydrogens is 299 g/mol. The molecule has 0 saturated heterocycles. The number of rotatable bonds is 0. The van der Waals surface area contributed by atoms with E-state index in [9.17, 15) is 0 Å². The van der Waals surface area contributed by atoms with E-state index < -0.39 is 9.05 Å². The van der Waals surface area contributed by atoms with Crippen molar-refractivity contribution in [3.8, 4) is 0 Å². The van der Waals surface area contributed by atoms with Gasteiger partial charge >= 0.3 is 60.4 Å². The summed E-state index contributed by atoms with van der Waals surface area (Å²) in [7, 11) is -4.61. The Hall–Kier alpha value is -0.327. The van der Waals surface area contributed by atoms with Gasteiger partial charge in [0.15, 0.2) is 0 Å². The van der Waals surface area contributed by atoms with Crippen LogP contribution >= 0.6 is 0 Å². The van der Waals surface area contributed by atoms with E-state index >= 15 is 0 Å². The molecule has 0 heterocycles. The average Bonchev–Trinajstić information content (AvgIpc) is 2.18. The van der Waals surface area contributed by atoms with Crippen molar-refractivity contribution in [2.24, 2.45) is 0 Å². The van der Waals surface area contributed by atoms with Crippen molar-refractivity contribution >= 4 is 72.6 Å². The third-order valence-electron chi connectivity index (χ3n) is 0.940. The Kier molecular flexibility index (Phi) is 28.5. The third-order valence-corrected chi connectivity index (χ3v) is 0.940. The first-order valence-electron chi connectivity index (χ1n) is 4.21. The SMILES string of the molecule is Cc1ccccc1.N=C=O.N=C=O.O[Si](O)(O)O.[KH]. The first-order valence-corrected chi connectivity index (χ1v) is 6.00. The summed E-state index contributed by atoms with van der Waals surface area (Å²) in [6.45, 7) is 2.08. The predicted octanol–water partition coefficient (Wildman–Crippen LogP) is -1.46. The first kappa shape index (κ1) is 27.1. The molecule has 10 heteroatoms. The number of nitrogens with one attached hydrogen (secondary N) is 2. The summed E-state index contributed by atoms with van der Waals surface area (Å²) in [6.07, 6.45) is 1.50. The van der Waals surface area contributed by atoms with Crippen LogP contribution in [-0.4, -0.2) is 91.8 Å². The summed E-state index contributed by atoms with van der Waals surface area (Å²) in [5.74, 6) is 0. The second kappa shape index (κ2) is 20.0. The summed E-state index contributed by atoms with van der Waals surface area (Å²) in [4.78, 5) is 46.0. The van der Waals surface area contributed by atoms with E-state index in [1.807, 2.05) is 18.2 Å². The summed E-state index contributed by atoms with van der Waals surface area (Å²) >= 11 is 0. The van der Waals surface area contributed by atoms with Crippen LogP contribution in [0.2, 0.25) is 0 Å². The third kappa shape index (κ3) is 73.7. The molecule has 1 aromatic rings. The molecule has 0 saturated carbocycles. The maximum absolute atomic E-state index is 8.35. The molecule has 1 aromatic carbocycles. The number of benzene rings is 1. The van der Waals surface area contributed by atoms with Crippen molar-refractivity contribution in [2.75, 3.05) is 0 Å². The van der Waals surface area contributed by atoms with Crippen LogP contribution in [0.15, 0.2) is 30.3 Å². The van der Waals surface area contributed by atoms with Crippen LogP contribution in [-0.2, 0) is 9.59 Å². The van der Waals surface area contributed by atoms with Gasteiger partial charge in [-0.2, -0.15) is 0 Å². The van der Waals surface area contributed by atoms with Crippen LogP contribution < -0.4 is 0 Å². The van der Waals surface area contributed by atoms with Crippen LogP contribution in [0.5, 0.6) is 0 Å². The molecule has 0 aliphatic rings. The van der Waals surface area contributed by atoms with Gasteiger partial charge in [0.2, 0.25) is 12.2 Å². The quantitative estimate of drug-likeness (QED) is 0.195. The molecule has 8 nitrogen and oxygen atoms in total. The molecule has 0 aliphatic heterocycles. The van der Waals surface area contributed by atoms with Gasteiger partial charge in [-0.05, 0) is 6.92 Å². The zero-order chi connectivity index (χ0) is 15.0. The molecule has 19 heavy (non-hydrogen) atoms. The average molecular weight is 314 g/mol. The van der Waals surface area contributed by atoms with Crippen LogP contribution in [0.3, 0.4) is 0 Å². The molecule has 6 N–H and O–H groups in total. The number of aryl methyl sites for hydroxylation is 1. The zero-order valence-electron chi connectivity index (χ0n) is 9.49. The molecule has 0 spiro atoms. The minimum atomic E-state index is -4.61. The molecule has 0 unspecified atom stereocenters. The van der Waals surface area contributed by atoms with Gasteiger partial charge in [0.05, 0.1) is 0 Å². The van der Waals surface area contributed by atoms with Gasteiger partial charge in [-0.1, -0.05) is 35.9 Å². The molecule has 1 rings (SSSR count). The van der Waals surface area contributed by atoms with Gasteiger partial charge in [-0.3, -0.25) is 0 Å². The molecule has 102 valence electrons. The number of hydrogen-bond donors (Lipinski definition) is 6. The monoisotopic (exact) mass is 314 g/mol. The fourth-order valence-electron chi connectivity index (χ4n) is 0.534. The van der Waals surface area contributed by atoms with Crippen molar-refractivity contribution in [3.63, 3.8) is 0 Å². The molecule has 0 amide bonds. The standard InChI is InChI=1S/C7H8.2CHNO.K.H4O4Si.H/c1-7-5-3-2-4-6-7;2*2-1-3;;1-5(2,3)4;/h2-6H,1H3;2*2H;;1-4H;. The van der Waals surface area contributed by atoms with Crippen LogP contribution in [0.25, 0.3) is 0 Å². The zero-order valence-corrected chi connectivity index (χ0v) is 10.5. The van der Waals surface area contributed by atoms with Gasteiger partial charge < -0.3 is 19.2 Å². The number of carbonyl (C=O) groups excluding carboxylic acids is 2. The summed E-state index contributed by atoms with van der Waals surface area (Å²) in [6, 6.07) is 10.3. The molecule has 0 radical (unpaired) electrons. The second-order valence-corrected chi connectivity index (χ2v) is 3.66. The van der Waals surface area contributed by atoms with E-state index in [1.165, 1.54) is 5.56 Å². The van der Waals surface area contributed by atoms with Crippen LogP contribution in [0.1, 0.15) is 5.56 Å². The fourth-order valence-corrected chi connectivity index (χ4v) is 0.534. The topological polar surface area (TPSA) is 163 Å². The van der Waals surface area contributed by atoms with Gasteiger partial charge in [0.1, 0.15) is 0 Å². The van der Waals surface area contributed by atoms with E-state index in [2.05, 4.69) is 19.1 Å². The Morgan fingerprint density at radius 3 is 1.26 bits per heavy atom. The van der Waals surface area contributed by atoms with Crippen molar-refractivity contribution in [1.29, 1.82) is 10.8 Å². The van der Waals surface area contributed by atoms with Crippen molar-refractivity contribution in [1.82, 2.24) is 0 Å². The van der Waals surface area contributed by atoms with Crippen molar-refractivity contribution in [3.05, 3.63) is 35.9 Å². The van der Waals surface area contributed by atoms with Gasteiger partial charge in [-0.15, -0.1) is 0 Å². The molecule has 0 bridgehead atoms. The summed E-state index contributed by atoms with van der Waals surface area (Å²) < 4.78 is 0. The van der Waals surface area contributed by atoms with Crippen LogP contribution in [0, 0.1) is 17.7 Å². The Morgan fingerprint density at radius 1 is 0.947 bits per heavy atom. The van der Waals surface area contributed by atoms with Gasteiger partial charge in [-0.25, -0.2) is 20.4 Å². The maximum atomic E-state index is 8.35. The second-order valence-electron chi connectivity index (χ2n) is 2.46. The minimum absolute atomic E-state index is 0. The first-order chi connectivity index (χ1) is 8.22. The predicted molar refractivity (Wildman–Crippen MR) is 69.8 cm³/mol. The van der Waals surface area contributed by atoms with E-state index in [-0.39, 0.29) is 51.4 Å². The van der Waals surface area contributed by atoms with Crippen molar-refractivity contribution in [2.45, 2.75) is 6.92 Å². The van der Waals surface area contributed by atoms with E-state index in [0.717, 1.165) is 12.2 Å². The molecule has 0 aromatic heterocycles. The summed E-state index contributed by atoms with van der Waals surface area (Å²) in [5, 5.41) is 10.8. The molecule has 0 fully saturated rings. The van der Waals surface area contributed by atoms with Crippen molar-refractivity contribution < 1.29 is 28.8 Å². The summed E-state index contributed by atoms with van der Waals surface area (Å²) in [5.41, 5.74) is 1.32. The van der Waals surface area contributed by atoms with Crippen LogP contribution in [0.4, 0.5) is 0 Å². The Balaban J connectivity index is -0.0000000839. The normalized spacial score (nSPS) is 7.21. The Bertz CT molecular complexity index is 341. The Morgan fingerprint density at radius 2 is 1.16 bits per heavy atom. The number of isocyanates is 2. The van der Waals surface area contributed by atoms with Gasteiger partial charge in [0, 0.05) is 0 Å². The number of hydrogen-bond acceptors (Lipinski definition) is 8. The van der Waals surface area contributed by atoms with E-state index in [4.69, 9.17) is 39.6 Å².